The van der Waals surface area contributed by atoms with Crippen molar-refractivity contribution in [3.8, 4) is 0 Å². The van der Waals surface area contributed by atoms with Crippen LogP contribution in [0.25, 0.3) is 0 Å². The Labute approximate surface area is 132 Å². The molecule has 0 aliphatic carbocycles. The van der Waals surface area contributed by atoms with Gasteiger partial charge in [0.1, 0.15) is 5.78 Å². The maximum absolute atomic E-state index is 12.6. The van der Waals surface area contributed by atoms with E-state index in [0.29, 0.717) is 12.2 Å². The van der Waals surface area contributed by atoms with Gasteiger partial charge in [-0.15, -0.1) is 0 Å². The summed E-state index contributed by atoms with van der Waals surface area (Å²) >= 11 is 0. The van der Waals surface area contributed by atoms with Gasteiger partial charge in [-0.05, 0) is 17.7 Å². The summed E-state index contributed by atoms with van der Waals surface area (Å²) in [6.45, 7) is 4.96. The minimum Gasteiger partial charge on any atom is -0.302 e. The third-order valence-corrected chi connectivity index (χ3v) is 4.71. The Balaban J connectivity index is 2.00. The fourth-order valence-corrected chi connectivity index (χ4v) is 3.48. The summed E-state index contributed by atoms with van der Waals surface area (Å²) in [5, 5.41) is 0. The number of Topliss-reactive ketones (excluding diaryl/α,β-unsaturated/α-hetero) is 1. The lowest BCUT2D eigenvalue weighted by Gasteiger charge is -2.36. The molecular weight excluding hydrogens is 270 g/mol. The van der Waals surface area contributed by atoms with Gasteiger partial charge >= 0.3 is 0 Å². The molecule has 2 aromatic rings. The van der Waals surface area contributed by atoms with E-state index in [1.54, 1.807) is 0 Å². The average molecular weight is 293 g/mol. The van der Waals surface area contributed by atoms with E-state index >= 15 is 0 Å². The average Bonchev–Trinajstić information content (AvgIpc) is 2.59. The van der Waals surface area contributed by atoms with Gasteiger partial charge in [0, 0.05) is 31.3 Å². The van der Waals surface area contributed by atoms with Crippen LogP contribution in [0.1, 0.15) is 30.4 Å². The van der Waals surface area contributed by atoms with E-state index in [9.17, 15) is 4.79 Å². The predicted molar refractivity (Wildman–Crippen MR) is 90.0 cm³/mol. The first-order chi connectivity index (χ1) is 10.8. The molecular formula is C20H23NO. The number of rotatable bonds is 4. The van der Waals surface area contributed by atoms with Gasteiger partial charge in [-0.25, -0.2) is 0 Å². The highest BCUT2D eigenvalue weighted by molar-refractivity contribution is 5.83. The van der Waals surface area contributed by atoms with E-state index in [1.807, 2.05) is 12.1 Å². The molecule has 1 saturated heterocycles. The number of hydrogen-bond acceptors (Lipinski definition) is 2. The third-order valence-electron chi connectivity index (χ3n) is 4.71. The van der Waals surface area contributed by atoms with Gasteiger partial charge in [0.25, 0.3) is 0 Å². The number of benzene rings is 2. The molecule has 1 aliphatic rings. The molecule has 3 rings (SSSR count). The monoisotopic (exact) mass is 293 g/mol. The molecule has 0 aromatic heterocycles. The van der Waals surface area contributed by atoms with E-state index < -0.39 is 0 Å². The SMILES string of the molecule is CCN1CCC(=O)C(C(c2ccccc2)c2ccccc2)C1. The van der Waals surface area contributed by atoms with Gasteiger partial charge in [-0.1, -0.05) is 67.6 Å². The smallest absolute Gasteiger partial charge is 0.139 e. The second-order valence-corrected chi connectivity index (χ2v) is 6.02. The molecule has 2 nitrogen and oxygen atoms in total. The maximum Gasteiger partial charge on any atom is 0.139 e. The van der Waals surface area contributed by atoms with Crippen LogP contribution in [-0.2, 0) is 4.79 Å². The highest BCUT2D eigenvalue weighted by Gasteiger charge is 2.34. The van der Waals surface area contributed by atoms with Crippen molar-refractivity contribution < 1.29 is 4.79 Å². The molecule has 22 heavy (non-hydrogen) atoms. The molecule has 0 saturated carbocycles. The largest absolute Gasteiger partial charge is 0.302 e. The Morgan fingerprint density at radius 1 is 1.00 bits per heavy atom. The van der Waals surface area contributed by atoms with Gasteiger partial charge in [-0.2, -0.15) is 0 Å². The highest BCUT2D eigenvalue weighted by atomic mass is 16.1. The van der Waals surface area contributed by atoms with Crippen molar-refractivity contribution in [3.63, 3.8) is 0 Å². The van der Waals surface area contributed by atoms with E-state index in [4.69, 9.17) is 0 Å². The van der Waals surface area contributed by atoms with Crippen LogP contribution < -0.4 is 0 Å². The molecule has 0 radical (unpaired) electrons. The number of likely N-dealkylation sites (tertiary alicyclic amines) is 1. The van der Waals surface area contributed by atoms with Crippen LogP contribution in [0.2, 0.25) is 0 Å². The number of carbonyl (C=O) groups excluding carboxylic acids is 1. The topological polar surface area (TPSA) is 20.3 Å². The van der Waals surface area contributed by atoms with Crippen molar-refractivity contribution in [2.24, 2.45) is 5.92 Å². The lowest BCUT2D eigenvalue weighted by atomic mass is 9.76. The Bertz CT molecular complexity index is 569. The normalized spacial score (nSPS) is 19.5. The summed E-state index contributed by atoms with van der Waals surface area (Å²) in [5.74, 6) is 0.616. The van der Waals surface area contributed by atoms with Gasteiger partial charge < -0.3 is 4.90 Å². The Morgan fingerprint density at radius 2 is 1.55 bits per heavy atom. The quantitative estimate of drug-likeness (QED) is 0.856. The summed E-state index contributed by atoms with van der Waals surface area (Å²) in [4.78, 5) is 15.0. The first-order valence-electron chi connectivity index (χ1n) is 8.14. The number of nitrogens with zero attached hydrogens (tertiary/aromatic N) is 1. The molecule has 2 aromatic carbocycles. The van der Waals surface area contributed by atoms with Crippen molar-refractivity contribution >= 4 is 5.78 Å². The van der Waals surface area contributed by atoms with Crippen LogP contribution >= 0.6 is 0 Å². The Hall–Kier alpha value is -1.93. The van der Waals surface area contributed by atoms with Gasteiger partial charge in [0.05, 0.1) is 0 Å². The molecule has 1 fully saturated rings. The summed E-state index contributed by atoms with van der Waals surface area (Å²) in [6.07, 6.45) is 0.675. The van der Waals surface area contributed by atoms with Crippen molar-refractivity contribution in [1.82, 2.24) is 4.90 Å². The minimum atomic E-state index is 0.0542. The standard InChI is InChI=1S/C20H23NO/c1-2-21-14-13-19(22)18(15-21)20(16-9-5-3-6-10-16)17-11-7-4-8-12-17/h3-12,18,20H,2,13-15H2,1H3. The first kappa shape index (κ1) is 15.0. The molecule has 0 amide bonds. The first-order valence-corrected chi connectivity index (χ1v) is 8.14. The molecule has 0 N–H and O–H groups in total. The van der Waals surface area contributed by atoms with Gasteiger partial charge in [0.2, 0.25) is 0 Å². The number of carbonyl (C=O) groups is 1. The van der Waals surface area contributed by atoms with Gasteiger partial charge in [-0.3, -0.25) is 4.79 Å². The zero-order valence-corrected chi connectivity index (χ0v) is 13.1. The van der Waals surface area contributed by atoms with Crippen molar-refractivity contribution in [2.45, 2.75) is 19.3 Å². The molecule has 0 spiro atoms. The molecule has 1 aliphatic heterocycles. The van der Waals surface area contributed by atoms with Crippen molar-refractivity contribution in [1.29, 1.82) is 0 Å². The lowest BCUT2D eigenvalue weighted by molar-refractivity contribution is -0.126. The summed E-state index contributed by atoms with van der Waals surface area (Å²) < 4.78 is 0. The van der Waals surface area contributed by atoms with Gasteiger partial charge in [0.15, 0.2) is 0 Å². The van der Waals surface area contributed by atoms with Crippen molar-refractivity contribution in [2.75, 3.05) is 19.6 Å². The maximum atomic E-state index is 12.6. The Morgan fingerprint density at radius 3 is 2.05 bits per heavy atom. The van der Waals surface area contributed by atoms with Crippen LogP contribution in [0.5, 0.6) is 0 Å². The summed E-state index contributed by atoms with van der Waals surface area (Å²) in [7, 11) is 0. The van der Waals surface area contributed by atoms with Crippen LogP contribution in [0.3, 0.4) is 0 Å². The molecule has 1 heterocycles. The van der Waals surface area contributed by atoms with Crippen LogP contribution in [-0.4, -0.2) is 30.3 Å². The molecule has 1 unspecified atom stereocenters. The number of ketones is 1. The fraction of sp³-hybridized carbons (Fsp3) is 0.350. The number of piperidine rings is 1. The molecule has 1 atom stereocenters. The lowest BCUT2D eigenvalue weighted by Crippen LogP contribution is -2.43. The van der Waals surface area contributed by atoms with E-state index in [0.717, 1.165) is 19.6 Å². The molecule has 0 bridgehead atoms. The zero-order chi connectivity index (χ0) is 15.4. The van der Waals surface area contributed by atoms with E-state index in [2.05, 4.69) is 60.4 Å². The predicted octanol–water partition coefficient (Wildman–Crippen LogP) is 3.73. The third kappa shape index (κ3) is 3.12. The Kier molecular flexibility index (Phi) is 4.69. The van der Waals surface area contributed by atoms with Crippen molar-refractivity contribution in [3.05, 3.63) is 71.8 Å². The highest BCUT2D eigenvalue weighted by Crippen LogP contribution is 2.35. The fourth-order valence-electron chi connectivity index (χ4n) is 3.48. The second-order valence-electron chi connectivity index (χ2n) is 6.02. The second kappa shape index (κ2) is 6.89. The minimum absolute atomic E-state index is 0.0542. The summed E-state index contributed by atoms with van der Waals surface area (Å²) in [5.41, 5.74) is 2.48. The molecule has 2 heteroatoms. The van der Waals surface area contributed by atoms with Crippen LogP contribution in [0.15, 0.2) is 60.7 Å². The van der Waals surface area contributed by atoms with Crippen LogP contribution in [0, 0.1) is 5.92 Å². The zero-order valence-electron chi connectivity index (χ0n) is 13.1. The van der Waals surface area contributed by atoms with E-state index in [-0.39, 0.29) is 11.8 Å². The van der Waals surface area contributed by atoms with Crippen LogP contribution in [0.4, 0.5) is 0 Å². The number of hydrogen-bond donors (Lipinski definition) is 0. The van der Waals surface area contributed by atoms with E-state index in [1.165, 1.54) is 11.1 Å². The summed E-state index contributed by atoms with van der Waals surface area (Å²) in [6, 6.07) is 20.9. The molecule has 114 valence electrons.